The molecule has 5 nitrogen and oxygen atoms in total. The van der Waals surface area contributed by atoms with Gasteiger partial charge in [-0.15, -0.1) is 0 Å². The fraction of sp³-hybridized carbons (Fsp3) is 0.812. The fourth-order valence-corrected chi connectivity index (χ4v) is 3.00. The van der Waals surface area contributed by atoms with Crippen molar-refractivity contribution in [3.8, 4) is 0 Å². The first-order valence-electron chi connectivity index (χ1n) is 7.99. The molecule has 1 aliphatic heterocycles. The summed E-state index contributed by atoms with van der Waals surface area (Å²) in [6, 6.07) is 0. The highest BCUT2D eigenvalue weighted by molar-refractivity contribution is 4.94. The molecule has 0 radical (unpaired) electrons. The monoisotopic (exact) mass is 293 g/mol. The average Bonchev–Trinajstić information content (AvgIpc) is 2.44. The molecular formula is C16H31N5. The van der Waals surface area contributed by atoms with Gasteiger partial charge in [0.15, 0.2) is 0 Å². The molecule has 1 aromatic rings. The lowest BCUT2D eigenvalue weighted by Crippen LogP contribution is -2.64. The van der Waals surface area contributed by atoms with E-state index < -0.39 is 0 Å². The van der Waals surface area contributed by atoms with Gasteiger partial charge in [0.1, 0.15) is 19.0 Å². The molecule has 1 aromatic heterocycles. The van der Waals surface area contributed by atoms with Crippen molar-refractivity contribution in [2.45, 2.75) is 77.8 Å². The SMILES string of the molecule is CCCCNN1C(C)(C)CCCC1(C)C.c1ncncn1. The summed E-state index contributed by atoms with van der Waals surface area (Å²) in [7, 11) is 0. The minimum atomic E-state index is 0.301. The Morgan fingerprint density at radius 2 is 1.43 bits per heavy atom. The maximum Gasteiger partial charge on any atom is 0.119 e. The van der Waals surface area contributed by atoms with Crippen LogP contribution in [0.5, 0.6) is 0 Å². The lowest BCUT2D eigenvalue weighted by atomic mass is 9.81. The Kier molecular flexibility index (Phi) is 7.18. The molecule has 1 fully saturated rings. The molecule has 0 bridgehead atoms. The maximum atomic E-state index is 3.64. The molecule has 21 heavy (non-hydrogen) atoms. The number of nitrogens with one attached hydrogen (secondary N) is 1. The summed E-state index contributed by atoms with van der Waals surface area (Å²) in [6.07, 6.45) is 10.8. The first-order valence-corrected chi connectivity index (χ1v) is 7.99. The number of hydrazine groups is 1. The average molecular weight is 293 g/mol. The number of unbranched alkanes of at least 4 members (excludes halogenated alkanes) is 1. The highest BCUT2D eigenvalue weighted by Gasteiger charge is 2.40. The Balaban J connectivity index is 0.000000304. The van der Waals surface area contributed by atoms with Gasteiger partial charge in [0.2, 0.25) is 0 Å². The van der Waals surface area contributed by atoms with Gasteiger partial charge in [-0.2, -0.15) is 0 Å². The summed E-state index contributed by atoms with van der Waals surface area (Å²) in [5, 5.41) is 2.50. The van der Waals surface area contributed by atoms with E-state index in [1.807, 2.05) is 0 Å². The molecule has 2 rings (SSSR count). The zero-order valence-electron chi connectivity index (χ0n) is 14.3. The van der Waals surface area contributed by atoms with Gasteiger partial charge in [-0.3, -0.25) is 5.43 Å². The van der Waals surface area contributed by atoms with Crippen LogP contribution >= 0.6 is 0 Å². The molecule has 5 heteroatoms. The summed E-state index contributed by atoms with van der Waals surface area (Å²) in [5.74, 6) is 0. The van der Waals surface area contributed by atoms with Crippen molar-refractivity contribution in [2.75, 3.05) is 6.54 Å². The third-order valence-corrected chi connectivity index (χ3v) is 3.99. The van der Waals surface area contributed by atoms with E-state index in [-0.39, 0.29) is 0 Å². The van der Waals surface area contributed by atoms with Gasteiger partial charge in [0.05, 0.1) is 0 Å². The van der Waals surface area contributed by atoms with Crippen molar-refractivity contribution in [3.05, 3.63) is 19.0 Å². The van der Waals surface area contributed by atoms with Gasteiger partial charge >= 0.3 is 0 Å². The minimum absolute atomic E-state index is 0.301. The van der Waals surface area contributed by atoms with Crippen LogP contribution in [0.2, 0.25) is 0 Å². The third kappa shape index (κ3) is 6.06. The molecule has 0 spiro atoms. The van der Waals surface area contributed by atoms with Crippen LogP contribution in [0, 0.1) is 0 Å². The molecule has 1 N–H and O–H groups in total. The predicted molar refractivity (Wildman–Crippen MR) is 86.6 cm³/mol. The van der Waals surface area contributed by atoms with Crippen LogP contribution in [0.3, 0.4) is 0 Å². The largest absolute Gasteiger partial charge is 0.254 e. The second kappa shape index (κ2) is 8.39. The topological polar surface area (TPSA) is 53.9 Å². The Morgan fingerprint density at radius 3 is 1.81 bits per heavy atom. The van der Waals surface area contributed by atoms with Crippen molar-refractivity contribution < 1.29 is 0 Å². The molecule has 1 saturated heterocycles. The molecule has 2 heterocycles. The standard InChI is InChI=1S/C13H28N2.C3H3N3/c1-6-7-11-14-15-12(2,3)9-8-10-13(15,4)5;1-4-2-6-3-5-1/h14H,6-11H2,1-5H3;1-3H. The molecule has 0 amide bonds. The summed E-state index contributed by atoms with van der Waals surface area (Å²) < 4.78 is 0. The molecule has 0 aliphatic carbocycles. The van der Waals surface area contributed by atoms with Crippen LogP contribution in [0.1, 0.15) is 66.7 Å². The van der Waals surface area contributed by atoms with Gasteiger partial charge < -0.3 is 0 Å². The van der Waals surface area contributed by atoms with Gasteiger partial charge in [-0.1, -0.05) is 13.3 Å². The molecule has 0 saturated carbocycles. The molecule has 0 unspecified atom stereocenters. The van der Waals surface area contributed by atoms with Crippen LogP contribution in [-0.4, -0.2) is 37.6 Å². The Labute approximate surface area is 129 Å². The van der Waals surface area contributed by atoms with E-state index in [1.54, 1.807) is 0 Å². The zero-order valence-corrected chi connectivity index (χ0v) is 14.3. The van der Waals surface area contributed by atoms with Gasteiger partial charge in [-0.25, -0.2) is 20.0 Å². The van der Waals surface area contributed by atoms with Crippen molar-refractivity contribution in [1.29, 1.82) is 0 Å². The van der Waals surface area contributed by atoms with Gasteiger partial charge in [0, 0.05) is 17.6 Å². The second-order valence-corrected chi connectivity index (χ2v) is 6.87. The van der Waals surface area contributed by atoms with Crippen LogP contribution in [0.15, 0.2) is 19.0 Å². The van der Waals surface area contributed by atoms with E-state index in [2.05, 4.69) is 60.0 Å². The van der Waals surface area contributed by atoms with Crippen molar-refractivity contribution in [3.63, 3.8) is 0 Å². The van der Waals surface area contributed by atoms with Crippen LogP contribution < -0.4 is 5.43 Å². The number of hydrogen-bond acceptors (Lipinski definition) is 5. The summed E-state index contributed by atoms with van der Waals surface area (Å²) in [5.41, 5.74) is 4.24. The minimum Gasteiger partial charge on any atom is -0.254 e. The molecule has 0 aromatic carbocycles. The highest BCUT2D eigenvalue weighted by Crippen LogP contribution is 2.36. The van der Waals surface area contributed by atoms with E-state index >= 15 is 0 Å². The first-order chi connectivity index (χ1) is 9.90. The maximum absolute atomic E-state index is 3.64. The van der Waals surface area contributed by atoms with E-state index in [1.165, 1.54) is 51.1 Å². The summed E-state index contributed by atoms with van der Waals surface area (Å²) in [6.45, 7) is 12.8. The first kappa shape index (κ1) is 18.0. The predicted octanol–water partition coefficient (Wildman–Crippen LogP) is 3.21. The Hall–Kier alpha value is -1.07. The van der Waals surface area contributed by atoms with Crippen molar-refractivity contribution >= 4 is 0 Å². The number of aromatic nitrogens is 3. The molecule has 0 atom stereocenters. The highest BCUT2D eigenvalue weighted by atomic mass is 15.6. The lowest BCUT2D eigenvalue weighted by molar-refractivity contribution is -0.0700. The summed E-state index contributed by atoms with van der Waals surface area (Å²) >= 11 is 0. The van der Waals surface area contributed by atoms with E-state index in [4.69, 9.17) is 0 Å². The van der Waals surface area contributed by atoms with E-state index in [0.717, 1.165) is 6.54 Å². The number of rotatable bonds is 4. The number of piperidine rings is 1. The van der Waals surface area contributed by atoms with Crippen molar-refractivity contribution in [2.24, 2.45) is 0 Å². The number of nitrogens with zero attached hydrogens (tertiary/aromatic N) is 4. The lowest BCUT2D eigenvalue weighted by Gasteiger charge is -2.52. The van der Waals surface area contributed by atoms with Crippen LogP contribution in [0.4, 0.5) is 0 Å². The fourth-order valence-electron chi connectivity index (χ4n) is 3.00. The third-order valence-electron chi connectivity index (χ3n) is 3.99. The molecule has 1 aliphatic rings. The summed E-state index contributed by atoms with van der Waals surface area (Å²) in [4.78, 5) is 10.7. The van der Waals surface area contributed by atoms with E-state index in [9.17, 15) is 0 Å². The quantitative estimate of drug-likeness (QED) is 0.864. The van der Waals surface area contributed by atoms with Crippen LogP contribution in [0.25, 0.3) is 0 Å². The molecule has 120 valence electrons. The smallest absolute Gasteiger partial charge is 0.119 e. The zero-order chi connectivity index (χ0) is 15.8. The second-order valence-electron chi connectivity index (χ2n) is 6.87. The number of hydrogen-bond donors (Lipinski definition) is 1. The van der Waals surface area contributed by atoms with Crippen LogP contribution in [-0.2, 0) is 0 Å². The Morgan fingerprint density at radius 1 is 0.952 bits per heavy atom. The molecular weight excluding hydrogens is 262 g/mol. The van der Waals surface area contributed by atoms with Gasteiger partial charge in [-0.05, 0) is 53.4 Å². The van der Waals surface area contributed by atoms with Gasteiger partial charge in [0.25, 0.3) is 0 Å². The van der Waals surface area contributed by atoms with E-state index in [0.29, 0.717) is 11.1 Å². The normalized spacial score (nSPS) is 20.4. The Bertz CT molecular complexity index is 335. The van der Waals surface area contributed by atoms with Crippen molar-refractivity contribution in [1.82, 2.24) is 25.4 Å².